The second-order valence-corrected chi connectivity index (χ2v) is 13.2. The van der Waals surface area contributed by atoms with Crippen molar-refractivity contribution >= 4 is 41.6 Å². The first-order chi connectivity index (χ1) is 8.50. The molecule has 1 aromatic heterocycles. The normalized spacial score (nSPS) is 35.4. The molecule has 1 heterocycles. The van der Waals surface area contributed by atoms with Crippen LogP contribution in [0.3, 0.4) is 0 Å². The first-order valence-electron chi connectivity index (χ1n) is 6.76. The fourth-order valence-electron chi connectivity index (χ4n) is 3.58. The van der Waals surface area contributed by atoms with Crippen molar-refractivity contribution in [2.75, 3.05) is 0 Å². The standard InChI is InChI=1S/C14H16N2.Ga.Sb/c1-8(10-3-4-10)7-16-13-6-11-5-12(11)14(13)9(2)15-16;;/h11-12H,3-5,7H2,1-2H3;;. The summed E-state index contributed by atoms with van der Waals surface area (Å²) >= 11 is 3.95. The van der Waals surface area contributed by atoms with Crippen molar-refractivity contribution in [3.8, 4) is 0 Å². The first kappa shape index (κ1) is 12.2. The SMILES string of the molecule is CC(Cn1nc(C)c2c1[C]([Ga])([Sb])C1CC21)=C1CC1. The van der Waals surface area contributed by atoms with E-state index in [9.17, 15) is 0 Å². The molecule has 90 valence electrons. The predicted octanol–water partition coefficient (Wildman–Crippen LogP) is 1.91. The molecule has 3 aliphatic carbocycles. The van der Waals surface area contributed by atoms with Gasteiger partial charge in [-0.3, -0.25) is 0 Å². The van der Waals surface area contributed by atoms with E-state index in [1.165, 1.54) is 25.0 Å². The Hall–Kier alpha value is 0.405. The Kier molecular flexibility index (Phi) is 2.53. The zero-order valence-corrected chi connectivity index (χ0v) is 15.9. The van der Waals surface area contributed by atoms with Gasteiger partial charge in [-0.05, 0) is 0 Å². The second kappa shape index (κ2) is 3.74. The quantitative estimate of drug-likeness (QED) is 0.545. The van der Waals surface area contributed by atoms with E-state index in [2.05, 4.69) is 18.5 Å². The summed E-state index contributed by atoms with van der Waals surface area (Å²) in [6, 6.07) is 0. The molecule has 4 rings (SSSR count). The Labute approximate surface area is 132 Å². The molecule has 0 saturated heterocycles. The van der Waals surface area contributed by atoms with Crippen molar-refractivity contribution in [2.45, 2.75) is 47.5 Å². The number of aromatic nitrogens is 2. The Balaban J connectivity index is 1.80. The van der Waals surface area contributed by atoms with E-state index in [1.54, 1.807) is 22.4 Å². The van der Waals surface area contributed by atoms with Crippen molar-refractivity contribution in [1.82, 2.24) is 9.78 Å². The molecular formula is C14H16GaN2Sb. The van der Waals surface area contributed by atoms with E-state index < -0.39 is 0 Å². The van der Waals surface area contributed by atoms with Gasteiger partial charge in [0.05, 0.1) is 0 Å². The van der Waals surface area contributed by atoms with Crippen LogP contribution >= 0.6 is 0 Å². The molecule has 4 heteroatoms. The van der Waals surface area contributed by atoms with Crippen LogP contribution in [0.4, 0.5) is 0 Å². The number of allylic oxidation sites excluding steroid dienone is 2. The molecule has 3 atom stereocenters. The van der Waals surface area contributed by atoms with Crippen LogP contribution in [0.1, 0.15) is 49.1 Å². The van der Waals surface area contributed by atoms with E-state index in [4.69, 9.17) is 5.10 Å². The summed E-state index contributed by atoms with van der Waals surface area (Å²) < 4.78 is 2.80. The Morgan fingerprint density at radius 2 is 2.28 bits per heavy atom. The summed E-state index contributed by atoms with van der Waals surface area (Å²) in [6.45, 7) is 5.55. The molecule has 0 N–H and O–H groups in total. The Bertz CT molecular complexity index is 579. The topological polar surface area (TPSA) is 17.8 Å². The summed E-state index contributed by atoms with van der Waals surface area (Å²) in [5.41, 5.74) is 7.76. The third-order valence-corrected chi connectivity index (χ3v) is 7.79. The van der Waals surface area contributed by atoms with Gasteiger partial charge in [0.1, 0.15) is 0 Å². The van der Waals surface area contributed by atoms with Gasteiger partial charge in [-0.15, -0.1) is 0 Å². The van der Waals surface area contributed by atoms with Crippen LogP contribution in [0, 0.1) is 12.8 Å². The zero-order chi connectivity index (χ0) is 12.7. The molecule has 3 aliphatic rings. The first-order valence-corrected chi connectivity index (χ1v) is 9.25. The van der Waals surface area contributed by atoms with Crippen LogP contribution in [0.15, 0.2) is 11.1 Å². The number of rotatable bonds is 2. The second-order valence-electron chi connectivity index (χ2n) is 6.16. The van der Waals surface area contributed by atoms with Gasteiger partial charge in [0.25, 0.3) is 0 Å². The van der Waals surface area contributed by atoms with Crippen LogP contribution in [0.5, 0.6) is 0 Å². The molecule has 0 aromatic carbocycles. The van der Waals surface area contributed by atoms with Gasteiger partial charge in [-0.1, -0.05) is 0 Å². The average Bonchev–Trinajstić information content (AvgIpc) is 3.17. The third-order valence-electron chi connectivity index (χ3n) is 4.77. The van der Waals surface area contributed by atoms with Gasteiger partial charge in [0, 0.05) is 0 Å². The molecule has 3 unspecified atom stereocenters. The van der Waals surface area contributed by atoms with Crippen LogP contribution in [-0.4, -0.2) is 51.4 Å². The van der Waals surface area contributed by atoms with Crippen molar-refractivity contribution in [1.29, 1.82) is 0 Å². The molecule has 18 heavy (non-hydrogen) atoms. The maximum absolute atomic E-state index is 4.86. The molecule has 0 amide bonds. The summed E-state index contributed by atoms with van der Waals surface area (Å²) in [5, 5.41) is 4.86. The van der Waals surface area contributed by atoms with Crippen molar-refractivity contribution in [3.63, 3.8) is 0 Å². The summed E-state index contributed by atoms with van der Waals surface area (Å²) in [4.78, 5) is 0. The van der Waals surface area contributed by atoms with E-state index in [-0.39, 0.29) is 0 Å². The van der Waals surface area contributed by atoms with Gasteiger partial charge in [-0.2, -0.15) is 0 Å². The van der Waals surface area contributed by atoms with Gasteiger partial charge >= 0.3 is 133 Å². The average molecular weight is 404 g/mol. The summed E-state index contributed by atoms with van der Waals surface area (Å²) in [6.07, 6.45) is 4.08. The van der Waals surface area contributed by atoms with Crippen LogP contribution in [0.2, 0.25) is 0 Å². The number of nitrogens with zero attached hydrogens (tertiary/aromatic N) is 2. The Morgan fingerprint density at radius 1 is 1.56 bits per heavy atom. The third kappa shape index (κ3) is 1.59. The number of hydrogen-bond acceptors (Lipinski definition) is 1. The van der Waals surface area contributed by atoms with Gasteiger partial charge in [0.2, 0.25) is 0 Å². The molecule has 0 bridgehead atoms. The van der Waals surface area contributed by atoms with Crippen LogP contribution in [0.25, 0.3) is 0 Å². The molecule has 0 spiro atoms. The molecular weight excluding hydrogens is 388 g/mol. The molecule has 2 nitrogen and oxygen atoms in total. The Morgan fingerprint density at radius 3 is 2.94 bits per heavy atom. The molecule has 0 aliphatic heterocycles. The molecule has 2 saturated carbocycles. The minimum atomic E-state index is 0.456. The van der Waals surface area contributed by atoms with Crippen molar-refractivity contribution < 1.29 is 0 Å². The number of hydrogen-bond donors (Lipinski definition) is 0. The van der Waals surface area contributed by atoms with Crippen molar-refractivity contribution in [3.05, 3.63) is 28.1 Å². The van der Waals surface area contributed by atoms with E-state index in [1.807, 2.05) is 41.6 Å². The zero-order valence-electron chi connectivity index (χ0n) is 10.9. The molecule has 2 fully saturated rings. The minimum absolute atomic E-state index is 0.456. The van der Waals surface area contributed by atoms with Gasteiger partial charge < -0.3 is 0 Å². The summed E-state index contributed by atoms with van der Waals surface area (Å²) in [5.74, 6) is 1.80. The summed E-state index contributed by atoms with van der Waals surface area (Å²) in [7, 11) is 0. The number of fused-ring (bicyclic) bond motifs is 3. The van der Waals surface area contributed by atoms with Crippen molar-refractivity contribution in [2.24, 2.45) is 5.92 Å². The maximum atomic E-state index is 4.86. The van der Waals surface area contributed by atoms with E-state index >= 15 is 0 Å². The van der Waals surface area contributed by atoms with E-state index in [0.717, 1.165) is 18.4 Å². The number of aryl methyl sites for hydroxylation is 1. The fourth-order valence-corrected chi connectivity index (χ4v) is 6.48. The van der Waals surface area contributed by atoms with Gasteiger partial charge in [-0.25, -0.2) is 0 Å². The van der Waals surface area contributed by atoms with Crippen LogP contribution in [-0.2, 0) is 8.46 Å². The van der Waals surface area contributed by atoms with Gasteiger partial charge in [0.15, 0.2) is 0 Å². The van der Waals surface area contributed by atoms with E-state index in [0.29, 0.717) is 1.92 Å². The van der Waals surface area contributed by atoms with Crippen LogP contribution < -0.4 is 0 Å². The molecule has 1 aromatic rings. The fraction of sp³-hybridized carbons (Fsp3) is 0.643. The molecule has 4 radical (unpaired) electrons. The monoisotopic (exact) mass is 402 g/mol. The predicted molar refractivity (Wildman–Crippen MR) is 72.9 cm³/mol.